The van der Waals surface area contributed by atoms with E-state index in [0.717, 1.165) is 41.3 Å². The minimum Gasteiger partial charge on any atom is -0.338 e. The summed E-state index contributed by atoms with van der Waals surface area (Å²) in [6.07, 6.45) is 1.08. The van der Waals surface area contributed by atoms with Gasteiger partial charge in [-0.05, 0) is 37.0 Å². The number of piperidine rings is 1. The van der Waals surface area contributed by atoms with Crippen molar-refractivity contribution in [3.8, 4) is 11.4 Å². The Bertz CT molecular complexity index is 639. The van der Waals surface area contributed by atoms with Gasteiger partial charge in [-0.2, -0.15) is 4.98 Å². The SMILES string of the molecule is Cc1ccc(-c2nc(N3CCC(C)C(N)C3)n[nH]2)c(Br)c1. The Morgan fingerprint density at radius 3 is 2.95 bits per heavy atom. The van der Waals surface area contributed by atoms with Crippen LogP contribution in [0.15, 0.2) is 22.7 Å². The third-order valence-corrected chi connectivity index (χ3v) is 4.81. The first-order valence-corrected chi connectivity index (χ1v) is 8.03. The Morgan fingerprint density at radius 1 is 1.43 bits per heavy atom. The fraction of sp³-hybridized carbons (Fsp3) is 0.467. The molecule has 1 aliphatic rings. The summed E-state index contributed by atoms with van der Waals surface area (Å²) in [4.78, 5) is 6.79. The maximum absolute atomic E-state index is 6.15. The van der Waals surface area contributed by atoms with E-state index in [1.54, 1.807) is 0 Å². The average molecular weight is 350 g/mol. The summed E-state index contributed by atoms with van der Waals surface area (Å²) in [6, 6.07) is 6.39. The lowest BCUT2D eigenvalue weighted by Gasteiger charge is -2.34. The van der Waals surface area contributed by atoms with Crippen molar-refractivity contribution in [3.63, 3.8) is 0 Å². The zero-order valence-corrected chi connectivity index (χ0v) is 13.9. The summed E-state index contributed by atoms with van der Waals surface area (Å²) in [5.74, 6) is 2.08. The van der Waals surface area contributed by atoms with Gasteiger partial charge < -0.3 is 10.6 Å². The Morgan fingerprint density at radius 2 is 2.24 bits per heavy atom. The number of hydrogen-bond acceptors (Lipinski definition) is 4. The molecule has 5 nitrogen and oxygen atoms in total. The molecule has 112 valence electrons. The van der Waals surface area contributed by atoms with Crippen LogP contribution in [0.3, 0.4) is 0 Å². The van der Waals surface area contributed by atoms with Gasteiger partial charge in [0.25, 0.3) is 0 Å². The van der Waals surface area contributed by atoms with Gasteiger partial charge in [0, 0.05) is 29.2 Å². The van der Waals surface area contributed by atoms with Crippen molar-refractivity contribution in [2.24, 2.45) is 11.7 Å². The molecule has 0 radical (unpaired) electrons. The van der Waals surface area contributed by atoms with Crippen LogP contribution in [-0.4, -0.2) is 34.3 Å². The van der Waals surface area contributed by atoms with E-state index in [1.807, 2.05) is 6.07 Å². The molecule has 0 spiro atoms. The van der Waals surface area contributed by atoms with Crippen molar-refractivity contribution < 1.29 is 0 Å². The first-order valence-electron chi connectivity index (χ1n) is 7.24. The van der Waals surface area contributed by atoms with Gasteiger partial charge in [-0.1, -0.05) is 28.9 Å². The predicted octanol–water partition coefficient (Wildman–Crippen LogP) is 2.72. The molecule has 2 aromatic rings. The van der Waals surface area contributed by atoms with Gasteiger partial charge in [-0.25, -0.2) is 0 Å². The van der Waals surface area contributed by atoms with E-state index in [2.05, 4.69) is 62.0 Å². The standard InChI is InChI=1S/C15H20BrN5/c1-9-3-4-11(12(16)7-9)14-18-15(20-19-14)21-6-5-10(2)13(17)8-21/h3-4,7,10,13H,5-6,8,17H2,1-2H3,(H,18,19,20). The number of anilines is 1. The summed E-state index contributed by atoms with van der Waals surface area (Å²) in [5.41, 5.74) is 8.38. The van der Waals surface area contributed by atoms with E-state index >= 15 is 0 Å². The van der Waals surface area contributed by atoms with Gasteiger partial charge in [-0.15, -0.1) is 5.10 Å². The quantitative estimate of drug-likeness (QED) is 0.874. The third kappa shape index (κ3) is 2.96. The smallest absolute Gasteiger partial charge is 0.245 e. The molecule has 6 heteroatoms. The van der Waals surface area contributed by atoms with Crippen LogP contribution in [0.4, 0.5) is 5.95 Å². The summed E-state index contributed by atoms with van der Waals surface area (Å²) in [7, 11) is 0. The molecule has 0 bridgehead atoms. The average Bonchev–Trinajstić information content (AvgIpc) is 2.91. The highest BCUT2D eigenvalue weighted by Gasteiger charge is 2.25. The summed E-state index contributed by atoms with van der Waals surface area (Å²) in [5, 5.41) is 7.38. The van der Waals surface area contributed by atoms with Crippen molar-refractivity contribution in [2.75, 3.05) is 18.0 Å². The van der Waals surface area contributed by atoms with Crippen LogP contribution >= 0.6 is 15.9 Å². The van der Waals surface area contributed by atoms with E-state index in [0.29, 0.717) is 5.92 Å². The zero-order valence-electron chi connectivity index (χ0n) is 12.3. The molecule has 1 saturated heterocycles. The van der Waals surface area contributed by atoms with Crippen LogP contribution in [0.2, 0.25) is 0 Å². The van der Waals surface area contributed by atoms with Crippen LogP contribution in [0, 0.1) is 12.8 Å². The second-order valence-electron chi connectivity index (χ2n) is 5.84. The second kappa shape index (κ2) is 5.77. The van der Waals surface area contributed by atoms with Gasteiger partial charge in [0.1, 0.15) is 0 Å². The molecule has 0 amide bonds. The van der Waals surface area contributed by atoms with E-state index in [-0.39, 0.29) is 6.04 Å². The number of nitrogens with zero attached hydrogens (tertiary/aromatic N) is 3. The molecule has 2 unspecified atom stereocenters. The lowest BCUT2D eigenvalue weighted by molar-refractivity contribution is 0.376. The van der Waals surface area contributed by atoms with Crippen molar-refractivity contribution in [1.82, 2.24) is 15.2 Å². The van der Waals surface area contributed by atoms with E-state index in [9.17, 15) is 0 Å². The number of benzene rings is 1. The minimum absolute atomic E-state index is 0.187. The molecule has 0 saturated carbocycles. The maximum Gasteiger partial charge on any atom is 0.245 e. The predicted molar refractivity (Wildman–Crippen MR) is 88.2 cm³/mol. The molecule has 3 N–H and O–H groups in total. The van der Waals surface area contributed by atoms with Gasteiger partial charge in [0.05, 0.1) is 0 Å². The normalized spacial score (nSPS) is 22.6. The third-order valence-electron chi connectivity index (χ3n) is 4.15. The lowest BCUT2D eigenvalue weighted by Crippen LogP contribution is -2.48. The number of halogens is 1. The van der Waals surface area contributed by atoms with E-state index in [4.69, 9.17) is 5.73 Å². The summed E-state index contributed by atoms with van der Waals surface area (Å²) < 4.78 is 1.02. The van der Waals surface area contributed by atoms with E-state index in [1.165, 1.54) is 5.56 Å². The number of aromatic amines is 1. The number of nitrogens with one attached hydrogen (secondary N) is 1. The van der Waals surface area contributed by atoms with Crippen molar-refractivity contribution in [2.45, 2.75) is 26.3 Å². The number of hydrogen-bond donors (Lipinski definition) is 2. The molecule has 1 fully saturated rings. The number of aryl methyl sites for hydroxylation is 1. The van der Waals surface area contributed by atoms with Crippen LogP contribution in [0.1, 0.15) is 18.9 Å². The first kappa shape index (κ1) is 14.5. The molecular formula is C15H20BrN5. The van der Waals surface area contributed by atoms with Gasteiger partial charge >= 0.3 is 0 Å². The van der Waals surface area contributed by atoms with Crippen LogP contribution in [-0.2, 0) is 0 Å². The Kier molecular flexibility index (Phi) is 3.99. The molecule has 2 heterocycles. The fourth-order valence-corrected chi connectivity index (χ4v) is 3.29. The van der Waals surface area contributed by atoms with Crippen LogP contribution < -0.4 is 10.6 Å². The molecule has 3 rings (SSSR count). The van der Waals surface area contributed by atoms with E-state index < -0.39 is 0 Å². The van der Waals surface area contributed by atoms with Crippen molar-refractivity contribution >= 4 is 21.9 Å². The van der Waals surface area contributed by atoms with Crippen molar-refractivity contribution in [1.29, 1.82) is 0 Å². The van der Waals surface area contributed by atoms with Crippen LogP contribution in [0.5, 0.6) is 0 Å². The number of rotatable bonds is 2. The topological polar surface area (TPSA) is 70.8 Å². The summed E-state index contributed by atoms with van der Waals surface area (Å²) >= 11 is 3.59. The Hall–Kier alpha value is -1.40. The fourth-order valence-electron chi connectivity index (χ4n) is 2.61. The number of aromatic nitrogens is 3. The highest BCUT2D eigenvalue weighted by Crippen LogP contribution is 2.28. The largest absolute Gasteiger partial charge is 0.338 e. The second-order valence-corrected chi connectivity index (χ2v) is 6.70. The van der Waals surface area contributed by atoms with Gasteiger partial charge in [0.2, 0.25) is 5.95 Å². The molecular weight excluding hydrogens is 330 g/mol. The molecule has 1 aromatic carbocycles. The van der Waals surface area contributed by atoms with Crippen molar-refractivity contribution in [3.05, 3.63) is 28.2 Å². The lowest BCUT2D eigenvalue weighted by atomic mass is 9.95. The van der Waals surface area contributed by atoms with Gasteiger partial charge in [0.15, 0.2) is 5.82 Å². The monoisotopic (exact) mass is 349 g/mol. The molecule has 21 heavy (non-hydrogen) atoms. The summed E-state index contributed by atoms with van der Waals surface area (Å²) in [6.45, 7) is 6.04. The van der Waals surface area contributed by atoms with Crippen LogP contribution in [0.25, 0.3) is 11.4 Å². The minimum atomic E-state index is 0.187. The highest BCUT2D eigenvalue weighted by atomic mass is 79.9. The first-order chi connectivity index (χ1) is 10.0. The molecule has 1 aliphatic heterocycles. The van der Waals surface area contributed by atoms with Gasteiger partial charge in [-0.3, -0.25) is 5.10 Å². The number of H-pyrrole nitrogens is 1. The Labute approximate surface area is 133 Å². The zero-order chi connectivity index (χ0) is 15.0. The Balaban J connectivity index is 1.83. The highest BCUT2D eigenvalue weighted by molar-refractivity contribution is 9.10. The maximum atomic E-state index is 6.15. The molecule has 2 atom stereocenters. The number of nitrogens with two attached hydrogens (primary N) is 1. The molecule has 1 aromatic heterocycles. The molecule has 0 aliphatic carbocycles.